The Bertz CT molecular complexity index is 765. The first-order valence-corrected chi connectivity index (χ1v) is 7.32. The van der Waals surface area contributed by atoms with Gasteiger partial charge >= 0.3 is 6.01 Å². The predicted octanol–water partition coefficient (Wildman–Crippen LogP) is 2.13. The van der Waals surface area contributed by atoms with Crippen LogP contribution in [0.25, 0.3) is 11.2 Å². The first-order chi connectivity index (χ1) is 10.3. The molecule has 8 nitrogen and oxygen atoms in total. The third-order valence-electron chi connectivity index (χ3n) is 2.38. The molecule has 0 saturated carbocycles. The Morgan fingerprint density at radius 3 is 3.00 bits per heavy atom. The lowest BCUT2D eigenvalue weighted by Gasteiger charge is -2.04. The zero-order valence-electron chi connectivity index (χ0n) is 10.9. The van der Waals surface area contributed by atoms with Crippen molar-refractivity contribution in [2.24, 2.45) is 0 Å². The summed E-state index contributed by atoms with van der Waals surface area (Å²) < 4.78 is 5.37. The summed E-state index contributed by atoms with van der Waals surface area (Å²) in [5, 5.41) is 1.13. The topological polar surface area (TPSA) is 102 Å². The summed E-state index contributed by atoms with van der Waals surface area (Å²) in [6.45, 7) is 2.51. The molecule has 0 aromatic carbocycles. The lowest BCUT2D eigenvalue weighted by Crippen LogP contribution is -2.02. The molecular formula is C11H10ClN7OS. The van der Waals surface area contributed by atoms with Crippen LogP contribution < -0.4 is 4.74 Å². The zero-order valence-corrected chi connectivity index (χ0v) is 12.5. The van der Waals surface area contributed by atoms with Crippen LogP contribution in [0.2, 0.25) is 5.28 Å². The van der Waals surface area contributed by atoms with E-state index in [1.807, 2.05) is 6.92 Å². The van der Waals surface area contributed by atoms with Gasteiger partial charge in [0.1, 0.15) is 16.9 Å². The minimum atomic E-state index is 0.0773. The van der Waals surface area contributed by atoms with Crippen LogP contribution in [0, 0.1) is 0 Å². The van der Waals surface area contributed by atoms with Crippen molar-refractivity contribution in [1.82, 2.24) is 34.9 Å². The van der Waals surface area contributed by atoms with Crippen molar-refractivity contribution in [2.75, 3.05) is 6.61 Å². The number of hydrogen-bond acceptors (Lipinski definition) is 8. The molecule has 0 amide bonds. The highest BCUT2D eigenvalue weighted by Crippen LogP contribution is 2.28. The van der Waals surface area contributed by atoms with Crippen LogP contribution in [0.4, 0.5) is 0 Å². The van der Waals surface area contributed by atoms with Gasteiger partial charge in [-0.3, -0.25) is 0 Å². The van der Waals surface area contributed by atoms with Crippen LogP contribution in [0.1, 0.15) is 13.3 Å². The van der Waals surface area contributed by atoms with Gasteiger partial charge in [0.2, 0.25) is 10.4 Å². The molecule has 0 saturated heterocycles. The Balaban J connectivity index is 1.90. The number of imidazole rings is 1. The van der Waals surface area contributed by atoms with E-state index in [1.165, 1.54) is 18.1 Å². The van der Waals surface area contributed by atoms with Gasteiger partial charge in [-0.25, -0.2) is 15.0 Å². The molecule has 21 heavy (non-hydrogen) atoms. The van der Waals surface area contributed by atoms with E-state index in [4.69, 9.17) is 16.3 Å². The van der Waals surface area contributed by atoms with Gasteiger partial charge in [-0.1, -0.05) is 6.92 Å². The number of hydrogen-bond donors (Lipinski definition) is 1. The number of halogens is 1. The number of nitrogens with zero attached hydrogens (tertiary/aromatic N) is 6. The number of nitrogens with one attached hydrogen (secondary N) is 1. The molecule has 0 radical (unpaired) electrons. The Hall–Kier alpha value is -2.00. The normalized spacial score (nSPS) is 11.0. The first-order valence-electron chi connectivity index (χ1n) is 6.12. The summed E-state index contributed by atoms with van der Waals surface area (Å²) in [4.78, 5) is 27.5. The highest BCUT2D eigenvalue weighted by molar-refractivity contribution is 7.99. The molecule has 3 aromatic heterocycles. The van der Waals surface area contributed by atoms with E-state index in [2.05, 4.69) is 34.9 Å². The molecule has 0 fully saturated rings. The lowest BCUT2D eigenvalue weighted by molar-refractivity contribution is 0.288. The molecule has 0 bridgehead atoms. The molecule has 0 atom stereocenters. The number of fused-ring (bicyclic) bond motifs is 1. The highest BCUT2D eigenvalue weighted by Gasteiger charge is 2.12. The van der Waals surface area contributed by atoms with E-state index >= 15 is 0 Å². The average Bonchev–Trinajstić information content (AvgIpc) is 2.94. The van der Waals surface area contributed by atoms with Crippen LogP contribution in [-0.2, 0) is 0 Å². The van der Waals surface area contributed by atoms with Crippen LogP contribution in [0.15, 0.2) is 22.8 Å². The van der Waals surface area contributed by atoms with Crippen LogP contribution >= 0.6 is 23.4 Å². The average molecular weight is 324 g/mol. The summed E-state index contributed by atoms with van der Waals surface area (Å²) in [5.41, 5.74) is 1.30. The van der Waals surface area contributed by atoms with Gasteiger partial charge in [-0.05, 0) is 29.8 Å². The van der Waals surface area contributed by atoms with E-state index in [0.717, 1.165) is 11.9 Å². The van der Waals surface area contributed by atoms with E-state index in [0.29, 0.717) is 22.4 Å². The van der Waals surface area contributed by atoms with Gasteiger partial charge in [0, 0.05) is 0 Å². The molecule has 1 N–H and O–H groups in total. The second kappa shape index (κ2) is 6.19. The first kappa shape index (κ1) is 14.0. The summed E-state index contributed by atoms with van der Waals surface area (Å²) >= 11 is 7.12. The number of H-pyrrole nitrogens is 1. The smallest absolute Gasteiger partial charge is 0.321 e. The van der Waals surface area contributed by atoms with Crippen molar-refractivity contribution in [1.29, 1.82) is 0 Å². The van der Waals surface area contributed by atoms with Gasteiger partial charge in [0.05, 0.1) is 12.9 Å². The lowest BCUT2D eigenvalue weighted by atomic mass is 10.5. The minimum Gasteiger partial charge on any atom is -0.463 e. The molecule has 0 aliphatic carbocycles. The number of aromatic amines is 1. The monoisotopic (exact) mass is 323 g/mol. The fraction of sp³-hybridized carbons (Fsp3) is 0.273. The number of ether oxygens (including phenoxy) is 1. The second-order valence-corrected chi connectivity index (χ2v) is 5.19. The maximum absolute atomic E-state index is 5.88. The molecule has 3 rings (SSSR count). The van der Waals surface area contributed by atoms with Crippen molar-refractivity contribution in [3.8, 4) is 6.01 Å². The van der Waals surface area contributed by atoms with E-state index < -0.39 is 0 Å². The molecule has 0 aliphatic rings. The molecule has 108 valence electrons. The summed E-state index contributed by atoms with van der Waals surface area (Å²) in [6, 6.07) is 0.203. The van der Waals surface area contributed by atoms with Crippen molar-refractivity contribution < 1.29 is 4.74 Å². The van der Waals surface area contributed by atoms with Crippen LogP contribution in [0.5, 0.6) is 6.01 Å². The largest absolute Gasteiger partial charge is 0.463 e. The maximum atomic E-state index is 5.88. The second-order valence-electron chi connectivity index (χ2n) is 3.90. The molecule has 3 heterocycles. The van der Waals surface area contributed by atoms with Gasteiger partial charge in [0.25, 0.3) is 0 Å². The Morgan fingerprint density at radius 1 is 1.24 bits per heavy atom. The number of aromatic nitrogens is 7. The third-order valence-corrected chi connectivity index (χ3v) is 3.42. The van der Waals surface area contributed by atoms with Crippen molar-refractivity contribution in [3.05, 3.63) is 17.9 Å². The third kappa shape index (κ3) is 3.19. The van der Waals surface area contributed by atoms with Crippen molar-refractivity contribution >= 4 is 34.5 Å². The van der Waals surface area contributed by atoms with Crippen molar-refractivity contribution in [2.45, 2.75) is 23.5 Å². The SMILES string of the molecule is CCCOc1nc(Cl)nc(Sc2ncnc3nc[nH]c23)n1. The molecule has 10 heteroatoms. The molecule has 3 aromatic rings. The molecule has 0 aliphatic heterocycles. The van der Waals surface area contributed by atoms with Gasteiger partial charge in [-0.2, -0.15) is 15.0 Å². The Morgan fingerprint density at radius 2 is 2.14 bits per heavy atom. The fourth-order valence-electron chi connectivity index (χ4n) is 1.52. The molecule has 0 unspecified atom stereocenters. The highest BCUT2D eigenvalue weighted by atomic mass is 35.5. The van der Waals surface area contributed by atoms with Gasteiger partial charge in [0.15, 0.2) is 5.65 Å². The summed E-state index contributed by atoms with van der Waals surface area (Å²) in [6.07, 6.45) is 3.84. The van der Waals surface area contributed by atoms with Crippen LogP contribution in [-0.4, -0.2) is 41.5 Å². The Kier molecular flexibility index (Phi) is 4.11. The fourth-order valence-corrected chi connectivity index (χ4v) is 2.51. The van der Waals surface area contributed by atoms with E-state index in [9.17, 15) is 0 Å². The quantitative estimate of drug-likeness (QED) is 0.712. The predicted molar refractivity (Wildman–Crippen MR) is 76.4 cm³/mol. The van der Waals surface area contributed by atoms with Gasteiger partial charge in [-0.15, -0.1) is 0 Å². The minimum absolute atomic E-state index is 0.0773. The van der Waals surface area contributed by atoms with Crippen LogP contribution in [0.3, 0.4) is 0 Å². The molecule has 0 spiro atoms. The van der Waals surface area contributed by atoms with E-state index in [1.54, 1.807) is 6.33 Å². The summed E-state index contributed by atoms with van der Waals surface area (Å²) in [5.74, 6) is 0. The maximum Gasteiger partial charge on any atom is 0.321 e. The number of rotatable bonds is 5. The van der Waals surface area contributed by atoms with E-state index in [-0.39, 0.29) is 11.3 Å². The van der Waals surface area contributed by atoms with Gasteiger partial charge < -0.3 is 9.72 Å². The standard InChI is InChI=1S/C11H10ClN7OS/c1-2-3-20-10-17-9(12)18-11(19-10)21-8-6-7(14-4-13-6)15-5-16-8/h4-5H,2-3H2,1H3,(H,13,14,15,16). The zero-order chi connectivity index (χ0) is 14.7. The Labute approximate surface area is 128 Å². The van der Waals surface area contributed by atoms with Crippen molar-refractivity contribution in [3.63, 3.8) is 0 Å². The summed E-state index contributed by atoms with van der Waals surface area (Å²) in [7, 11) is 0. The molecular weight excluding hydrogens is 314 g/mol.